The highest BCUT2D eigenvalue weighted by molar-refractivity contribution is 7.08. The number of aromatic nitrogens is 1. The highest BCUT2D eigenvalue weighted by Crippen LogP contribution is 2.36. The summed E-state index contributed by atoms with van der Waals surface area (Å²) < 4.78 is 16.2. The van der Waals surface area contributed by atoms with E-state index in [0.717, 1.165) is 5.56 Å². The van der Waals surface area contributed by atoms with Crippen molar-refractivity contribution in [2.45, 2.75) is 25.8 Å². The van der Waals surface area contributed by atoms with Crippen LogP contribution in [0.4, 0.5) is 11.4 Å². The molecule has 0 saturated carbocycles. The van der Waals surface area contributed by atoms with Crippen LogP contribution >= 0.6 is 11.3 Å². The maximum absolute atomic E-state index is 13.1. The Balaban J connectivity index is 1.59. The molecule has 11 heteroatoms. The number of hydrogen-bond acceptors (Lipinski definition) is 8. The monoisotopic (exact) mass is 548 g/mol. The van der Waals surface area contributed by atoms with E-state index in [4.69, 9.17) is 19.6 Å². The van der Waals surface area contributed by atoms with Gasteiger partial charge in [0.25, 0.3) is 5.91 Å². The third-order valence-electron chi connectivity index (χ3n) is 6.11. The molecule has 0 saturated heterocycles. The summed E-state index contributed by atoms with van der Waals surface area (Å²) in [6, 6.07) is 12.1. The van der Waals surface area contributed by atoms with Crippen molar-refractivity contribution in [3.8, 4) is 22.8 Å². The summed E-state index contributed by atoms with van der Waals surface area (Å²) in [6.45, 7) is 3.66. The smallest absolute Gasteiger partial charge is 0.316 e. The molecule has 3 amide bonds. The van der Waals surface area contributed by atoms with E-state index >= 15 is 0 Å². The molecule has 202 valence electrons. The molecule has 4 rings (SSSR count). The molecule has 2 aromatic carbocycles. The number of oxazole rings is 1. The number of primary amides is 1. The number of carbonyl (C=O) groups excluding carboxylic acids is 3. The molecule has 10 nitrogen and oxygen atoms in total. The van der Waals surface area contributed by atoms with Crippen molar-refractivity contribution >= 4 is 40.4 Å². The molecule has 4 aromatic rings. The Kier molecular flexibility index (Phi) is 8.01. The molecule has 2 heterocycles. The van der Waals surface area contributed by atoms with Crippen molar-refractivity contribution in [1.29, 1.82) is 0 Å². The summed E-state index contributed by atoms with van der Waals surface area (Å²) in [6.07, 6.45) is 3.22. The molecule has 0 unspecified atom stereocenters. The molecule has 0 radical (unpaired) electrons. The third-order valence-corrected chi connectivity index (χ3v) is 6.83. The number of hydrogen-bond donors (Lipinski definition) is 2. The summed E-state index contributed by atoms with van der Waals surface area (Å²) >= 11 is 1.42. The zero-order valence-electron chi connectivity index (χ0n) is 21.9. The van der Waals surface area contributed by atoms with Gasteiger partial charge in [0.15, 0.2) is 17.9 Å². The highest BCUT2D eigenvalue weighted by Gasteiger charge is 2.35. The second kappa shape index (κ2) is 11.4. The number of anilines is 2. The Morgan fingerprint density at radius 1 is 1.05 bits per heavy atom. The summed E-state index contributed by atoms with van der Waals surface area (Å²) in [7, 11) is 3.04. The second-order valence-electron chi connectivity index (χ2n) is 9.25. The van der Waals surface area contributed by atoms with Crippen LogP contribution in [-0.2, 0) is 16.0 Å². The zero-order valence-corrected chi connectivity index (χ0v) is 22.7. The summed E-state index contributed by atoms with van der Waals surface area (Å²) in [5.41, 5.74) is 7.51. The molecule has 0 aliphatic heterocycles. The quantitative estimate of drug-likeness (QED) is 0.294. The van der Waals surface area contributed by atoms with Gasteiger partial charge in [0.2, 0.25) is 0 Å². The Bertz CT molecular complexity index is 1480. The molecular weight excluding hydrogens is 520 g/mol. The third kappa shape index (κ3) is 5.93. The maximum atomic E-state index is 13.1. The topological polar surface area (TPSA) is 137 Å². The minimum atomic E-state index is -1.09. The summed E-state index contributed by atoms with van der Waals surface area (Å²) in [5, 5.41) is 6.44. The Hall–Kier alpha value is -4.64. The number of nitrogens with one attached hydrogen (secondary N) is 1. The van der Waals surface area contributed by atoms with Crippen LogP contribution in [0.5, 0.6) is 11.5 Å². The fourth-order valence-corrected chi connectivity index (χ4v) is 5.03. The minimum Gasteiger partial charge on any atom is -0.496 e. The van der Waals surface area contributed by atoms with Crippen molar-refractivity contribution in [1.82, 2.24) is 4.98 Å². The number of carbonyl (C=O) groups is 3. The summed E-state index contributed by atoms with van der Waals surface area (Å²) in [5.74, 6) is -0.710. The van der Waals surface area contributed by atoms with Crippen LogP contribution in [0, 0.1) is 0 Å². The van der Waals surface area contributed by atoms with E-state index in [-0.39, 0.29) is 5.91 Å². The molecule has 0 bridgehead atoms. The van der Waals surface area contributed by atoms with Crippen molar-refractivity contribution in [2.24, 2.45) is 5.73 Å². The highest BCUT2D eigenvalue weighted by atomic mass is 32.1. The lowest BCUT2D eigenvalue weighted by molar-refractivity contribution is -0.136. The van der Waals surface area contributed by atoms with Crippen molar-refractivity contribution in [3.63, 3.8) is 0 Å². The van der Waals surface area contributed by atoms with Gasteiger partial charge in [-0.25, -0.2) is 4.98 Å². The second-order valence-corrected chi connectivity index (χ2v) is 9.99. The van der Waals surface area contributed by atoms with Gasteiger partial charge in [0.1, 0.15) is 5.75 Å². The standard InChI is InChI=1S/C28H28N4O6S/c1-28(2,12-17-5-7-18(8-6-17)26(34)31-21-14-39-15-24(21)37-4)32(27(35)25(29)33)19-9-10-20(22(11-19)36-3)23-13-30-16-38-23/h5-11,13-16H,12H2,1-4H3,(H2,29,33)(H,31,34). The van der Waals surface area contributed by atoms with E-state index in [1.807, 2.05) is 26.0 Å². The SMILES string of the molecule is COc1cscc1NC(=O)c1ccc(CC(C)(C)N(C(=O)C(N)=O)c2ccc(-c3cnco3)c(OC)c2)cc1. The predicted octanol–water partition coefficient (Wildman–Crippen LogP) is 4.51. The van der Waals surface area contributed by atoms with E-state index in [1.54, 1.807) is 54.4 Å². The van der Waals surface area contributed by atoms with Gasteiger partial charge in [-0.3, -0.25) is 19.3 Å². The molecule has 0 aliphatic carbocycles. The van der Waals surface area contributed by atoms with Gasteiger partial charge in [-0.2, -0.15) is 0 Å². The number of nitrogens with zero attached hydrogens (tertiary/aromatic N) is 2. The van der Waals surface area contributed by atoms with Gasteiger partial charge >= 0.3 is 11.8 Å². The fraction of sp³-hybridized carbons (Fsp3) is 0.214. The first-order chi connectivity index (χ1) is 18.6. The van der Waals surface area contributed by atoms with Gasteiger partial charge in [0, 0.05) is 33.6 Å². The number of nitrogens with two attached hydrogens (primary N) is 1. The number of ether oxygens (including phenoxy) is 2. The molecule has 0 fully saturated rings. The van der Waals surface area contributed by atoms with Gasteiger partial charge in [0.05, 0.1) is 31.7 Å². The first-order valence-corrected chi connectivity index (χ1v) is 12.8. The Morgan fingerprint density at radius 2 is 1.77 bits per heavy atom. The van der Waals surface area contributed by atoms with Crippen LogP contribution in [0.1, 0.15) is 29.8 Å². The van der Waals surface area contributed by atoms with E-state index in [0.29, 0.717) is 46.2 Å². The first-order valence-electron chi connectivity index (χ1n) is 11.9. The lowest BCUT2D eigenvalue weighted by Gasteiger charge is -2.38. The lowest BCUT2D eigenvalue weighted by Crippen LogP contribution is -2.53. The molecule has 0 atom stereocenters. The van der Waals surface area contributed by atoms with Crippen LogP contribution in [0.2, 0.25) is 0 Å². The van der Waals surface area contributed by atoms with Crippen molar-refractivity contribution in [2.75, 3.05) is 24.4 Å². The molecule has 0 aliphatic rings. The van der Waals surface area contributed by atoms with Gasteiger partial charge < -0.3 is 24.9 Å². The first kappa shape index (κ1) is 27.4. The van der Waals surface area contributed by atoms with Crippen LogP contribution < -0.4 is 25.4 Å². The number of methoxy groups -OCH3 is 2. The summed E-state index contributed by atoms with van der Waals surface area (Å²) in [4.78, 5) is 43.1. The van der Waals surface area contributed by atoms with Gasteiger partial charge in [-0.1, -0.05) is 12.1 Å². The number of benzene rings is 2. The molecule has 39 heavy (non-hydrogen) atoms. The van der Waals surface area contributed by atoms with Gasteiger partial charge in [-0.15, -0.1) is 11.3 Å². The molecule has 0 spiro atoms. The fourth-order valence-electron chi connectivity index (χ4n) is 4.30. The maximum Gasteiger partial charge on any atom is 0.316 e. The normalized spacial score (nSPS) is 11.1. The lowest BCUT2D eigenvalue weighted by atomic mass is 9.91. The van der Waals surface area contributed by atoms with E-state index < -0.39 is 17.4 Å². The predicted molar refractivity (Wildman–Crippen MR) is 148 cm³/mol. The largest absolute Gasteiger partial charge is 0.496 e. The average molecular weight is 549 g/mol. The molecular formula is C28H28N4O6S. The Morgan fingerprint density at radius 3 is 2.38 bits per heavy atom. The zero-order chi connectivity index (χ0) is 28.2. The molecule has 2 aromatic heterocycles. The Labute approximate surface area is 229 Å². The minimum absolute atomic E-state index is 0.276. The number of amides is 3. The van der Waals surface area contributed by atoms with Crippen molar-refractivity contribution < 1.29 is 28.3 Å². The van der Waals surface area contributed by atoms with Gasteiger partial charge in [-0.05, 0) is 50.1 Å². The van der Waals surface area contributed by atoms with Crippen molar-refractivity contribution in [3.05, 3.63) is 76.9 Å². The average Bonchev–Trinajstić information content (AvgIpc) is 3.61. The molecule has 3 N–H and O–H groups in total. The van der Waals surface area contributed by atoms with Crippen LogP contribution in [0.15, 0.2) is 70.2 Å². The van der Waals surface area contributed by atoms with E-state index in [2.05, 4.69) is 10.3 Å². The number of rotatable bonds is 9. The van der Waals surface area contributed by atoms with E-state index in [9.17, 15) is 14.4 Å². The van der Waals surface area contributed by atoms with Crippen LogP contribution in [-0.4, -0.2) is 42.5 Å². The van der Waals surface area contributed by atoms with E-state index in [1.165, 1.54) is 29.7 Å². The van der Waals surface area contributed by atoms with Crippen LogP contribution in [0.25, 0.3) is 11.3 Å². The number of thiophene rings is 1. The van der Waals surface area contributed by atoms with Crippen LogP contribution in [0.3, 0.4) is 0 Å².